The lowest BCUT2D eigenvalue weighted by molar-refractivity contribution is 0.251. The summed E-state index contributed by atoms with van der Waals surface area (Å²) in [4.78, 5) is 19.0. The van der Waals surface area contributed by atoms with Crippen LogP contribution in [0.25, 0.3) is 11.0 Å². The number of carbonyl (C=O) groups is 1. The molecule has 0 spiro atoms. The van der Waals surface area contributed by atoms with E-state index in [0.29, 0.717) is 21.2 Å². The Morgan fingerprint density at radius 1 is 1.30 bits per heavy atom. The summed E-state index contributed by atoms with van der Waals surface area (Å²) >= 11 is 3.34. The molecular weight excluding hydrogens is 462 g/mol. The molecule has 1 aromatic carbocycles. The molecule has 3 N–H and O–H groups in total. The van der Waals surface area contributed by atoms with Gasteiger partial charge in [0.05, 0.1) is 17.6 Å². The van der Waals surface area contributed by atoms with Crippen LogP contribution >= 0.6 is 15.9 Å². The monoisotopic (exact) mass is 476 g/mol. The fraction of sp³-hybridized carbons (Fsp3) is 0.105. The summed E-state index contributed by atoms with van der Waals surface area (Å²) in [6, 6.07) is 4.56. The van der Waals surface area contributed by atoms with Crippen molar-refractivity contribution in [3.8, 4) is 11.5 Å². The summed E-state index contributed by atoms with van der Waals surface area (Å²) in [7, 11) is 1.75. The van der Waals surface area contributed by atoms with Gasteiger partial charge in [-0.2, -0.15) is 5.10 Å². The molecule has 3 heterocycles. The Morgan fingerprint density at radius 2 is 2.07 bits per heavy atom. The minimum Gasteiger partial charge on any atom is -0.450 e. The Hall–Kier alpha value is -3.47. The number of hydrogen-bond donors (Lipinski definition) is 3. The van der Waals surface area contributed by atoms with Crippen molar-refractivity contribution in [3.63, 3.8) is 0 Å². The topological polar surface area (TPSA) is 96.9 Å². The number of aromatic nitrogens is 4. The van der Waals surface area contributed by atoms with Crippen molar-refractivity contribution < 1.29 is 18.3 Å². The molecule has 0 unspecified atom stereocenters. The second kappa shape index (κ2) is 8.11. The minimum absolute atomic E-state index is 0.0569. The van der Waals surface area contributed by atoms with Crippen LogP contribution in [0.3, 0.4) is 0 Å². The molecular formula is C19H15BrF2N6O2. The first kappa shape index (κ1) is 19.8. The first-order valence-corrected chi connectivity index (χ1v) is 9.52. The molecule has 0 radical (unpaired) electrons. The van der Waals surface area contributed by atoms with Gasteiger partial charge in [-0.25, -0.2) is 18.6 Å². The zero-order valence-corrected chi connectivity index (χ0v) is 17.1. The third-order valence-corrected chi connectivity index (χ3v) is 4.78. The number of ether oxygens (including phenoxy) is 1. The summed E-state index contributed by atoms with van der Waals surface area (Å²) in [5, 5.41) is 9.61. The van der Waals surface area contributed by atoms with E-state index in [4.69, 9.17) is 4.74 Å². The van der Waals surface area contributed by atoms with Crippen LogP contribution in [0.1, 0.15) is 5.69 Å². The number of fused-ring (bicyclic) bond motifs is 1. The molecule has 3 aromatic heterocycles. The second-order valence-corrected chi connectivity index (χ2v) is 7.18. The number of hydrogen-bond acceptors (Lipinski definition) is 4. The lowest BCUT2D eigenvalue weighted by Gasteiger charge is -2.12. The Bertz CT molecular complexity index is 1220. The number of aryl methyl sites for hydroxylation is 1. The molecule has 8 nitrogen and oxygen atoms in total. The SMILES string of the molecule is Cn1ccc(CNC(=O)Nc2cc(F)c(Oc3ccnc4[nH]cc(Br)c34)c(F)c2)n1. The number of amides is 2. The molecule has 4 aromatic rings. The first-order chi connectivity index (χ1) is 14.4. The van der Waals surface area contributed by atoms with Crippen LogP contribution in [-0.2, 0) is 13.6 Å². The van der Waals surface area contributed by atoms with Crippen LogP contribution in [-0.4, -0.2) is 25.8 Å². The number of H-pyrrole nitrogens is 1. The Kier molecular flexibility index (Phi) is 5.36. The lowest BCUT2D eigenvalue weighted by Crippen LogP contribution is -2.28. The summed E-state index contributed by atoms with van der Waals surface area (Å²) in [6.45, 7) is 0.169. The third-order valence-electron chi connectivity index (χ3n) is 4.15. The quantitative estimate of drug-likeness (QED) is 0.396. The number of aromatic amines is 1. The second-order valence-electron chi connectivity index (χ2n) is 6.33. The van der Waals surface area contributed by atoms with Crippen molar-refractivity contribution in [2.24, 2.45) is 7.05 Å². The van der Waals surface area contributed by atoms with Gasteiger partial charge in [0, 0.05) is 47.9 Å². The van der Waals surface area contributed by atoms with Crippen LogP contribution < -0.4 is 15.4 Å². The number of nitrogens with zero attached hydrogens (tertiary/aromatic N) is 3. The largest absolute Gasteiger partial charge is 0.450 e. The molecule has 0 saturated heterocycles. The smallest absolute Gasteiger partial charge is 0.319 e. The summed E-state index contributed by atoms with van der Waals surface area (Å²) < 4.78 is 36.8. The molecule has 2 amide bonds. The molecule has 11 heteroatoms. The maximum Gasteiger partial charge on any atom is 0.319 e. The van der Waals surface area contributed by atoms with Gasteiger partial charge in [0.25, 0.3) is 0 Å². The highest BCUT2D eigenvalue weighted by Gasteiger charge is 2.18. The van der Waals surface area contributed by atoms with Gasteiger partial charge in [-0.15, -0.1) is 0 Å². The van der Waals surface area contributed by atoms with Crippen molar-refractivity contribution in [1.29, 1.82) is 0 Å². The Labute approximate surface area is 177 Å². The van der Waals surface area contributed by atoms with Crippen molar-refractivity contribution in [1.82, 2.24) is 25.1 Å². The van der Waals surface area contributed by atoms with Gasteiger partial charge in [0.15, 0.2) is 17.4 Å². The van der Waals surface area contributed by atoms with Gasteiger partial charge in [-0.1, -0.05) is 0 Å². The number of carbonyl (C=O) groups excluding carboxylic acids is 1. The van der Waals surface area contributed by atoms with Crippen molar-refractivity contribution >= 4 is 38.7 Å². The van der Waals surface area contributed by atoms with Crippen LogP contribution in [0.15, 0.2) is 47.3 Å². The maximum absolute atomic E-state index is 14.5. The zero-order chi connectivity index (χ0) is 21.3. The minimum atomic E-state index is -0.966. The Morgan fingerprint density at radius 3 is 2.77 bits per heavy atom. The Balaban J connectivity index is 1.49. The lowest BCUT2D eigenvalue weighted by atomic mass is 10.2. The number of nitrogens with one attached hydrogen (secondary N) is 3. The predicted octanol–water partition coefficient (Wildman–Crippen LogP) is 4.45. The number of anilines is 1. The molecule has 0 saturated carbocycles. The van der Waals surface area contributed by atoms with E-state index in [1.807, 2.05) is 0 Å². The molecule has 4 rings (SSSR count). The van der Waals surface area contributed by atoms with Crippen molar-refractivity contribution in [2.45, 2.75) is 6.54 Å². The molecule has 154 valence electrons. The highest BCUT2D eigenvalue weighted by molar-refractivity contribution is 9.10. The van der Waals surface area contributed by atoms with Gasteiger partial charge in [-0.05, 0) is 28.1 Å². The number of rotatable bonds is 5. The number of benzene rings is 1. The average molecular weight is 477 g/mol. The van der Waals surface area contributed by atoms with Crippen LogP contribution in [0.2, 0.25) is 0 Å². The van der Waals surface area contributed by atoms with Crippen LogP contribution in [0.4, 0.5) is 19.3 Å². The normalized spacial score (nSPS) is 10.9. The first-order valence-electron chi connectivity index (χ1n) is 8.72. The van der Waals surface area contributed by atoms with Gasteiger partial charge in [0.2, 0.25) is 0 Å². The molecule has 30 heavy (non-hydrogen) atoms. The van der Waals surface area contributed by atoms with E-state index in [1.165, 1.54) is 12.3 Å². The van der Waals surface area contributed by atoms with E-state index >= 15 is 0 Å². The van der Waals surface area contributed by atoms with Gasteiger partial charge in [0.1, 0.15) is 11.4 Å². The fourth-order valence-corrected chi connectivity index (χ4v) is 3.31. The van der Waals surface area contributed by atoms with Crippen LogP contribution in [0, 0.1) is 11.6 Å². The summed E-state index contributed by atoms with van der Waals surface area (Å²) in [5.74, 6) is -2.30. The molecule has 0 fully saturated rings. The number of halogens is 3. The zero-order valence-electron chi connectivity index (χ0n) is 15.5. The van der Waals surface area contributed by atoms with E-state index < -0.39 is 23.4 Å². The van der Waals surface area contributed by atoms with E-state index in [1.54, 1.807) is 30.2 Å². The van der Waals surface area contributed by atoms with E-state index in [2.05, 4.69) is 41.6 Å². The third kappa shape index (κ3) is 4.10. The number of urea groups is 1. The van der Waals surface area contributed by atoms with Gasteiger partial charge in [-0.3, -0.25) is 4.68 Å². The molecule has 0 aliphatic rings. The fourth-order valence-electron chi connectivity index (χ4n) is 2.82. The summed E-state index contributed by atoms with van der Waals surface area (Å²) in [5.41, 5.74) is 1.09. The van der Waals surface area contributed by atoms with Crippen molar-refractivity contribution in [2.75, 3.05) is 5.32 Å². The molecule has 0 atom stereocenters. The van der Waals surface area contributed by atoms with Crippen molar-refractivity contribution in [3.05, 3.63) is 64.7 Å². The van der Waals surface area contributed by atoms with E-state index in [0.717, 1.165) is 12.1 Å². The van der Waals surface area contributed by atoms with E-state index in [-0.39, 0.29) is 18.0 Å². The molecule has 0 aliphatic heterocycles. The standard InChI is InChI=1S/C19H15BrF2N6O2/c1-28-5-3-10(27-28)8-25-19(29)26-11-6-13(21)17(14(22)7-11)30-15-2-4-23-18-16(15)12(20)9-24-18/h2-7,9H,8H2,1H3,(H,23,24)(H2,25,26,29). The predicted molar refractivity (Wildman–Crippen MR) is 109 cm³/mol. The highest BCUT2D eigenvalue weighted by Crippen LogP contribution is 2.36. The summed E-state index contributed by atoms with van der Waals surface area (Å²) in [6.07, 6.45) is 4.84. The van der Waals surface area contributed by atoms with Crippen LogP contribution in [0.5, 0.6) is 11.5 Å². The van der Waals surface area contributed by atoms with Gasteiger partial charge >= 0.3 is 6.03 Å². The molecule has 0 aliphatic carbocycles. The number of pyridine rings is 1. The molecule has 0 bridgehead atoms. The average Bonchev–Trinajstić information content (AvgIpc) is 3.29. The van der Waals surface area contributed by atoms with E-state index in [9.17, 15) is 13.6 Å². The van der Waals surface area contributed by atoms with Gasteiger partial charge < -0.3 is 20.4 Å². The highest BCUT2D eigenvalue weighted by atomic mass is 79.9. The maximum atomic E-state index is 14.5.